The Hall–Kier alpha value is -8.18. The van der Waals surface area contributed by atoms with Crippen molar-refractivity contribution in [2.24, 2.45) is 0 Å². The van der Waals surface area contributed by atoms with E-state index in [1.54, 1.807) is 94.1 Å². The number of alkyl halides is 3. The highest BCUT2D eigenvalue weighted by Crippen LogP contribution is 2.45. The minimum atomic E-state index is -4.84. The largest absolute Gasteiger partial charge is 0.416 e. The van der Waals surface area contributed by atoms with Gasteiger partial charge in [-0.1, -0.05) is 60.7 Å². The van der Waals surface area contributed by atoms with Crippen LogP contribution in [-0.4, -0.2) is 14.1 Å². The first-order valence-corrected chi connectivity index (χ1v) is 17.3. The van der Waals surface area contributed by atoms with E-state index in [1.165, 1.54) is 0 Å². The number of fused-ring (bicyclic) bond motifs is 6. The Morgan fingerprint density at radius 1 is 0.446 bits per heavy atom. The highest BCUT2D eigenvalue weighted by molar-refractivity contribution is 6.12. The van der Waals surface area contributed by atoms with E-state index in [-0.39, 0.29) is 33.6 Å². The number of rotatable bonds is 4. The van der Waals surface area contributed by atoms with E-state index >= 15 is 13.2 Å². The van der Waals surface area contributed by atoms with Gasteiger partial charge < -0.3 is 9.13 Å². The molecule has 10 heteroatoms. The molecule has 0 aliphatic carbocycles. The van der Waals surface area contributed by atoms with Gasteiger partial charge in [0.05, 0.1) is 96.9 Å². The summed E-state index contributed by atoms with van der Waals surface area (Å²) in [5, 5.41) is 42.6. The van der Waals surface area contributed by atoms with E-state index in [1.807, 2.05) is 36.4 Å². The fourth-order valence-electron chi connectivity index (χ4n) is 7.57. The average molecular weight is 730 g/mol. The maximum Gasteiger partial charge on any atom is 0.416 e. The van der Waals surface area contributed by atoms with Crippen LogP contribution in [0.2, 0.25) is 0 Å². The Morgan fingerprint density at radius 2 is 0.839 bits per heavy atom. The molecule has 0 radical (unpaired) electrons. The van der Waals surface area contributed by atoms with Crippen LogP contribution in [0.1, 0.15) is 27.8 Å². The number of benzene rings is 6. The number of nitriles is 4. The van der Waals surface area contributed by atoms with Gasteiger partial charge in [0.25, 0.3) is 0 Å². The van der Waals surface area contributed by atoms with Crippen LogP contribution in [-0.2, 0) is 6.18 Å². The molecule has 6 aromatic carbocycles. The SMILES string of the molecule is N#Cc1ccc2c3ccc(C#N)cc3n(-c3cc(C(F)(F)F)cc(-n4c5cc(C#N)ccc5c5ccc(C#N)cc54)c3-c3cccc(-c4ccccc4)n3)c2c1. The molecule has 0 N–H and O–H groups in total. The van der Waals surface area contributed by atoms with Gasteiger partial charge in [0.1, 0.15) is 0 Å². The molecule has 0 atom stereocenters. The predicted molar refractivity (Wildman–Crippen MR) is 208 cm³/mol. The van der Waals surface area contributed by atoms with Crippen molar-refractivity contribution in [3.8, 4) is 58.2 Å². The summed E-state index contributed by atoms with van der Waals surface area (Å²) in [5.74, 6) is 0. The van der Waals surface area contributed by atoms with Crippen LogP contribution < -0.4 is 0 Å². The standard InChI is InChI=1S/C46H22F3N7/c47-46(48,49)32-21-43(55-39-17-27(23-50)9-13-33(39)34-14-10-28(24-51)18-40(34)55)45(38-8-4-7-37(54-38)31-5-2-1-3-6-31)44(22-32)56-41-19-29(25-52)11-15-35(41)36-16-12-30(26-53)20-42(36)56/h1-22H. The molecule has 3 aromatic heterocycles. The minimum absolute atomic E-state index is 0.0839. The van der Waals surface area contributed by atoms with E-state index in [0.717, 1.165) is 17.7 Å². The summed E-state index contributed by atoms with van der Waals surface area (Å²) in [5.41, 5.74) is 4.10. The van der Waals surface area contributed by atoms with Crippen LogP contribution in [0.5, 0.6) is 0 Å². The van der Waals surface area contributed by atoms with Gasteiger partial charge in [-0.05, 0) is 72.8 Å². The monoisotopic (exact) mass is 729 g/mol. The lowest BCUT2D eigenvalue weighted by Crippen LogP contribution is -2.11. The second-order valence-corrected chi connectivity index (χ2v) is 13.2. The highest BCUT2D eigenvalue weighted by Gasteiger charge is 2.35. The Balaban J connectivity index is 1.54. The summed E-state index contributed by atoms with van der Waals surface area (Å²) in [7, 11) is 0. The second-order valence-electron chi connectivity index (χ2n) is 13.2. The predicted octanol–water partition coefficient (Wildman–Crippen LogP) is 11.1. The van der Waals surface area contributed by atoms with Crippen LogP contribution in [0, 0.1) is 45.3 Å². The lowest BCUT2D eigenvalue weighted by Gasteiger charge is -2.22. The maximum absolute atomic E-state index is 15.4. The summed E-state index contributed by atoms with van der Waals surface area (Å²) < 4.78 is 49.4. The third kappa shape index (κ3) is 5.30. The summed E-state index contributed by atoms with van der Waals surface area (Å²) in [6.07, 6.45) is -4.84. The van der Waals surface area contributed by atoms with Crippen molar-refractivity contribution in [3.63, 3.8) is 0 Å². The first-order valence-electron chi connectivity index (χ1n) is 17.3. The van der Waals surface area contributed by atoms with Crippen molar-refractivity contribution in [1.29, 1.82) is 21.0 Å². The molecular formula is C46H22F3N7. The zero-order chi connectivity index (χ0) is 38.7. The third-order valence-electron chi connectivity index (χ3n) is 10.0. The Morgan fingerprint density at radius 3 is 1.21 bits per heavy atom. The van der Waals surface area contributed by atoms with Crippen molar-refractivity contribution < 1.29 is 13.2 Å². The first kappa shape index (κ1) is 33.6. The molecule has 9 rings (SSSR count). The zero-order valence-corrected chi connectivity index (χ0v) is 29.0. The lowest BCUT2D eigenvalue weighted by molar-refractivity contribution is -0.137. The first-order chi connectivity index (χ1) is 27.2. The van der Waals surface area contributed by atoms with Crippen LogP contribution >= 0.6 is 0 Å². The van der Waals surface area contributed by atoms with Crippen molar-refractivity contribution in [2.75, 3.05) is 0 Å². The average Bonchev–Trinajstić information content (AvgIpc) is 3.73. The van der Waals surface area contributed by atoms with Gasteiger partial charge in [0, 0.05) is 32.7 Å². The van der Waals surface area contributed by atoms with Crippen molar-refractivity contribution in [1.82, 2.24) is 14.1 Å². The molecule has 0 bridgehead atoms. The van der Waals surface area contributed by atoms with Crippen LogP contribution in [0.15, 0.2) is 133 Å². The lowest BCUT2D eigenvalue weighted by atomic mass is 10.00. The molecule has 0 aliphatic rings. The summed E-state index contributed by atoms with van der Waals surface area (Å²) >= 11 is 0. The number of pyridine rings is 1. The molecular weight excluding hydrogens is 708 g/mol. The Bertz CT molecular complexity index is 2980. The van der Waals surface area contributed by atoms with Crippen LogP contribution in [0.25, 0.3) is 77.5 Å². The maximum atomic E-state index is 15.4. The van der Waals surface area contributed by atoms with Gasteiger partial charge >= 0.3 is 6.18 Å². The second kappa shape index (κ2) is 12.7. The Labute approximate surface area is 316 Å². The minimum Gasteiger partial charge on any atom is -0.308 e. The molecule has 7 nitrogen and oxygen atoms in total. The number of nitrogens with zero attached hydrogens (tertiary/aromatic N) is 7. The third-order valence-corrected chi connectivity index (χ3v) is 10.0. The van der Waals surface area contributed by atoms with E-state index in [4.69, 9.17) is 4.98 Å². The molecule has 56 heavy (non-hydrogen) atoms. The normalized spacial score (nSPS) is 11.4. The number of hydrogen-bond acceptors (Lipinski definition) is 5. The van der Waals surface area contributed by atoms with Crippen LogP contribution in [0.4, 0.5) is 13.2 Å². The van der Waals surface area contributed by atoms with E-state index < -0.39 is 11.7 Å². The van der Waals surface area contributed by atoms with E-state index in [2.05, 4.69) is 24.3 Å². The summed E-state index contributed by atoms with van der Waals surface area (Å²) in [4.78, 5) is 5.08. The van der Waals surface area contributed by atoms with Gasteiger partial charge in [-0.25, -0.2) is 4.98 Å². The molecule has 9 aromatic rings. The highest BCUT2D eigenvalue weighted by atomic mass is 19.4. The molecule has 0 unspecified atom stereocenters. The van der Waals surface area contributed by atoms with E-state index in [9.17, 15) is 21.0 Å². The molecule has 0 saturated carbocycles. The molecule has 0 fully saturated rings. The number of hydrogen-bond donors (Lipinski definition) is 0. The molecule has 0 saturated heterocycles. The van der Waals surface area contributed by atoms with Crippen LogP contribution in [0.3, 0.4) is 0 Å². The topological polar surface area (TPSA) is 118 Å². The molecule has 0 amide bonds. The number of aromatic nitrogens is 3. The summed E-state index contributed by atoms with van der Waals surface area (Å²) in [6.45, 7) is 0. The van der Waals surface area contributed by atoms with Gasteiger partial charge in [-0.15, -0.1) is 0 Å². The fraction of sp³-hybridized carbons (Fsp3) is 0.0217. The summed E-state index contributed by atoms with van der Waals surface area (Å²) in [6, 6.07) is 45.6. The van der Waals surface area contributed by atoms with Crippen molar-refractivity contribution in [3.05, 3.63) is 161 Å². The molecule has 3 heterocycles. The molecule has 0 aliphatic heterocycles. The van der Waals surface area contributed by atoms with E-state index in [0.29, 0.717) is 60.6 Å². The fourth-order valence-corrected chi connectivity index (χ4v) is 7.57. The Kier molecular flexibility index (Phi) is 7.66. The smallest absolute Gasteiger partial charge is 0.308 e. The van der Waals surface area contributed by atoms with Gasteiger partial charge in [0.15, 0.2) is 0 Å². The quantitative estimate of drug-likeness (QED) is 0.179. The zero-order valence-electron chi connectivity index (χ0n) is 29.0. The van der Waals surface area contributed by atoms with Crippen molar-refractivity contribution >= 4 is 43.6 Å². The van der Waals surface area contributed by atoms with Crippen molar-refractivity contribution in [2.45, 2.75) is 6.18 Å². The van der Waals surface area contributed by atoms with Gasteiger partial charge in [-0.3, -0.25) is 0 Å². The van der Waals surface area contributed by atoms with Gasteiger partial charge in [0.2, 0.25) is 0 Å². The molecule has 0 spiro atoms. The number of halogens is 3. The van der Waals surface area contributed by atoms with Gasteiger partial charge in [-0.2, -0.15) is 34.2 Å². The molecule has 262 valence electrons.